The van der Waals surface area contributed by atoms with Gasteiger partial charge in [-0.05, 0) is 74.3 Å². The maximum atomic E-state index is 12.8. The highest BCUT2D eigenvalue weighted by molar-refractivity contribution is 5.78. The Morgan fingerprint density at radius 3 is 2.50 bits per heavy atom. The van der Waals surface area contributed by atoms with Gasteiger partial charge in [0.1, 0.15) is 5.82 Å². The Balaban J connectivity index is 1.23. The lowest BCUT2D eigenvalue weighted by Crippen LogP contribution is -2.60. The Morgan fingerprint density at radius 2 is 1.82 bits per heavy atom. The monoisotopic (exact) mass is 379 g/mol. The average Bonchev–Trinajstić information content (AvgIpc) is 2.59. The minimum Gasteiger partial charge on any atom is -0.351 e. The van der Waals surface area contributed by atoms with Crippen molar-refractivity contribution in [2.75, 3.05) is 0 Å². The van der Waals surface area contributed by atoms with Gasteiger partial charge in [-0.15, -0.1) is 0 Å². The third-order valence-corrected chi connectivity index (χ3v) is 7.18. The molecule has 5 nitrogen and oxygen atoms in total. The van der Waals surface area contributed by atoms with E-state index < -0.39 is 0 Å². The molecular formula is C23H29N3O2. The molecule has 28 heavy (non-hydrogen) atoms. The van der Waals surface area contributed by atoms with E-state index in [0.29, 0.717) is 29.6 Å². The first-order valence-corrected chi connectivity index (χ1v) is 10.8. The lowest BCUT2D eigenvalue weighted by molar-refractivity contribution is -0.127. The molecule has 0 unspecified atom stereocenters. The molecule has 4 aliphatic rings. The van der Waals surface area contributed by atoms with Crippen LogP contribution in [0.2, 0.25) is 0 Å². The first-order chi connectivity index (χ1) is 13.5. The van der Waals surface area contributed by atoms with Gasteiger partial charge in [-0.2, -0.15) is 0 Å². The smallest absolute Gasteiger partial charge is 0.258 e. The highest BCUT2D eigenvalue weighted by Crippen LogP contribution is 2.55. The van der Waals surface area contributed by atoms with Crippen molar-refractivity contribution in [1.82, 2.24) is 15.3 Å². The van der Waals surface area contributed by atoms with Gasteiger partial charge >= 0.3 is 0 Å². The molecule has 4 bridgehead atoms. The van der Waals surface area contributed by atoms with Gasteiger partial charge in [0.25, 0.3) is 5.56 Å². The van der Waals surface area contributed by atoms with Crippen molar-refractivity contribution in [3.63, 3.8) is 0 Å². The van der Waals surface area contributed by atoms with Crippen LogP contribution in [0.4, 0.5) is 0 Å². The Labute approximate surface area is 165 Å². The largest absolute Gasteiger partial charge is 0.351 e. The van der Waals surface area contributed by atoms with Crippen molar-refractivity contribution in [3.8, 4) is 0 Å². The number of aromatic amines is 1. The summed E-state index contributed by atoms with van der Waals surface area (Å²) in [5.41, 5.74) is 0.679. The quantitative estimate of drug-likeness (QED) is 0.834. The minimum absolute atomic E-state index is 0.0705. The van der Waals surface area contributed by atoms with Gasteiger partial charge in [0.2, 0.25) is 5.91 Å². The second kappa shape index (κ2) is 6.71. The summed E-state index contributed by atoms with van der Waals surface area (Å²) in [6.45, 7) is 2.06. The summed E-state index contributed by atoms with van der Waals surface area (Å²) in [5.74, 6) is 3.46. The molecule has 1 aromatic heterocycles. The van der Waals surface area contributed by atoms with E-state index in [2.05, 4.69) is 22.2 Å². The van der Waals surface area contributed by atoms with E-state index in [1.807, 2.05) is 18.2 Å². The number of carbonyl (C=O) groups is 1. The van der Waals surface area contributed by atoms with E-state index in [0.717, 1.165) is 17.8 Å². The number of para-hydroxylation sites is 1. The highest BCUT2D eigenvalue weighted by Gasteiger charge is 2.51. The van der Waals surface area contributed by atoms with Crippen molar-refractivity contribution in [2.45, 2.75) is 63.8 Å². The molecular weight excluding hydrogens is 350 g/mol. The lowest BCUT2D eigenvalue weighted by Gasteiger charge is -2.57. The Hall–Kier alpha value is -2.17. The molecule has 4 aliphatic carbocycles. The summed E-state index contributed by atoms with van der Waals surface area (Å²) in [4.78, 5) is 32.5. The zero-order valence-electron chi connectivity index (χ0n) is 16.5. The number of amides is 1. The van der Waals surface area contributed by atoms with Crippen LogP contribution in [0.25, 0.3) is 10.9 Å². The number of rotatable bonds is 5. The number of fused-ring (bicyclic) bond motifs is 1. The van der Waals surface area contributed by atoms with Gasteiger partial charge < -0.3 is 10.3 Å². The van der Waals surface area contributed by atoms with E-state index in [4.69, 9.17) is 0 Å². The number of aromatic nitrogens is 2. The summed E-state index contributed by atoms with van der Waals surface area (Å²) in [6.07, 6.45) is 8.77. The van der Waals surface area contributed by atoms with Gasteiger partial charge in [0, 0.05) is 18.4 Å². The zero-order valence-corrected chi connectivity index (χ0v) is 16.5. The van der Waals surface area contributed by atoms with Crippen molar-refractivity contribution in [2.24, 2.45) is 23.7 Å². The molecule has 1 atom stereocenters. The SMILES string of the molecule is C[C@@H](CC(=O)NC12CC3CC(CC(C3)C1)C2)Cc1nc2ccccc2c(=O)[nH]1. The van der Waals surface area contributed by atoms with E-state index >= 15 is 0 Å². The zero-order chi connectivity index (χ0) is 19.3. The fourth-order valence-electron chi connectivity index (χ4n) is 6.56. The van der Waals surface area contributed by atoms with Gasteiger partial charge in [-0.1, -0.05) is 19.1 Å². The molecule has 1 aromatic carbocycles. The molecule has 2 N–H and O–H groups in total. The van der Waals surface area contributed by atoms with Crippen LogP contribution in [0, 0.1) is 23.7 Å². The fraction of sp³-hybridized carbons (Fsp3) is 0.609. The normalized spacial score (nSPS) is 31.8. The number of H-pyrrole nitrogens is 1. The van der Waals surface area contributed by atoms with Crippen LogP contribution in [0.3, 0.4) is 0 Å². The third-order valence-electron chi connectivity index (χ3n) is 7.18. The first kappa shape index (κ1) is 17.9. The van der Waals surface area contributed by atoms with Gasteiger partial charge in [-0.25, -0.2) is 4.98 Å². The van der Waals surface area contributed by atoms with E-state index in [-0.39, 0.29) is 22.9 Å². The average molecular weight is 380 g/mol. The topological polar surface area (TPSA) is 74.8 Å². The number of nitrogens with one attached hydrogen (secondary N) is 2. The van der Waals surface area contributed by atoms with Crippen molar-refractivity contribution in [1.29, 1.82) is 0 Å². The second-order valence-electron chi connectivity index (χ2n) is 9.79. The molecule has 4 saturated carbocycles. The van der Waals surface area contributed by atoms with Crippen molar-refractivity contribution < 1.29 is 4.79 Å². The van der Waals surface area contributed by atoms with Crippen molar-refractivity contribution in [3.05, 3.63) is 40.4 Å². The van der Waals surface area contributed by atoms with Crippen LogP contribution in [0.1, 0.15) is 57.7 Å². The molecule has 5 heteroatoms. The first-order valence-electron chi connectivity index (χ1n) is 10.8. The Morgan fingerprint density at radius 1 is 1.18 bits per heavy atom. The molecule has 0 spiro atoms. The van der Waals surface area contributed by atoms with Gasteiger partial charge in [-0.3, -0.25) is 9.59 Å². The molecule has 4 fully saturated rings. The molecule has 2 aromatic rings. The number of hydrogen-bond donors (Lipinski definition) is 2. The van der Waals surface area contributed by atoms with Crippen molar-refractivity contribution >= 4 is 16.8 Å². The van der Waals surface area contributed by atoms with Gasteiger partial charge in [0.05, 0.1) is 10.9 Å². The predicted molar refractivity (Wildman–Crippen MR) is 109 cm³/mol. The summed E-state index contributed by atoms with van der Waals surface area (Å²) in [5, 5.41) is 4.06. The highest BCUT2D eigenvalue weighted by atomic mass is 16.1. The van der Waals surface area contributed by atoms with Crippen LogP contribution in [-0.4, -0.2) is 21.4 Å². The maximum Gasteiger partial charge on any atom is 0.258 e. The number of benzene rings is 1. The summed E-state index contributed by atoms with van der Waals surface area (Å²) in [7, 11) is 0. The number of hydrogen-bond acceptors (Lipinski definition) is 3. The van der Waals surface area contributed by atoms with Crippen LogP contribution in [-0.2, 0) is 11.2 Å². The minimum atomic E-state index is -0.106. The molecule has 6 rings (SSSR count). The summed E-state index contributed by atoms with van der Waals surface area (Å²) < 4.78 is 0. The second-order valence-corrected chi connectivity index (χ2v) is 9.79. The molecule has 0 aliphatic heterocycles. The van der Waals surface area contributed by atoms with Crippen LogP contribution in [0.15, 0.2) is 29.1 Å². The summed E-state index contributed by atoms with van der Waals surface area (Å²) in [6, 6.07) is 7.38. The van der Waals surface area contributed by atoms with Crippen LogP contribution >= 0.6 is 0 Å². The van der Waals surface area contributed by atoms with Crippen LogP contribution in [0.5, 0.6) is 0 Å². The molecule has 148 valence electrons. The predicted octanol–water partition coefficient (Wildman–Crippen LogP) is 3.58. The molecule has 0 radical (unpaired) electrons. The van der Waals surface area contributed by atoms with Gasteiger partial charge in [0.15, 0.2) is 0 Å². The molecule has 0 saturated heterocycles. The number of carbonyl (C=O) groups excluding carboxylic acids is 1. The van der Waals surface area contributed by atoms with E-state index in [9.17, 15) is 9.59 Å². The fourth-order valence-corrected chi connectivity index (χ4v) is 6.56. The van der Waals surface area contributed by atoms with Crippen LogP contribution < -0.4 is 10.9 Å². The molecule has 1 heterocycles. The third kappa shape index (κ3) is 3.36. The maximum absolute atomic E-state index is 12.8. The standard InChI is InChI=1S/C23H29N3O2/c1-14(6-20-24-19-5-3-2-4-18(19)22(28)25-20)7-21(27)26-23-11-15-8-16(12-23)10-17(9-15)13-23/h2-5,14-17H,6-13H2,1H3,(H,26,27)(H,24,25,28)/t14-,15?,16?,17?,23?/m1/s1. The molecule has 1 amide bonds. The Bertz CT molecular complexity index is 928. The summed E-state index contributed by atoms with van der Waals surface area (Å²) >= 11 is 0. The Kier molecular flexibility index (Phi) is 4.29. The van der Waals surface area contributed by atoms with E-state index in [1.165, 1.54) is 38.5 Å². The van der Waals surface area contributed by atoms with E-state index in [1.54, 1.807) is 6.07 Å². The lowest BCUT2D eigenvalue weighted by atomic mass is 9.53. The number of nitrogens with zero attached hydrogens (tertiary/aromatic N) is 1.